The van der Waals surface area contributed by atoms with Gasteiger partial charge in [-0.15, -0.1) is 0 Å². The fourth-order valence-corrected chi connectivity index (χ4v) is 2.22. The molecule has 1 saturated heterocycles. The van der Waals surface area contributed by atoms with Gasteiger partial charge in [0.15, 0.2) is 0 Å². The van der Waals surface area contributed by atoms with Crippen molar-refractivity contribution in [3.05, 3.63) is 5.28 Å². The first kappa shape index (κ1) is 12.3. The van der Waals surface area contributed by atoms with E-state index >= 15 is 0 Å². The van der Waals surface area contributed by atoms with E-state index in [1.165, 1.54) is 0 Å². The maximum atomic E-state index is 5.78. The van der Waals surface area contributed by atoms with Gasteiger partial charge in [0.1, 0.15) is 0 Å². The monoisotopic (exact) mass is 256 g/mol. The highest BCUT2D eigenvalue weighted by molar-refractivity contribution is 6.28. The lowest BCUT2D eigenvalue weighted by Crippen LogP contribution is -2.42. The summed E-state index contributed by atoms with van der Waals surface area (Å²) in [5, 5.41) is 0.146. The average molecular weight is 257 g/mol. The molecule has 94 valence electrons. The molecule has 7 heteroatoms. The molecule has 1 aliphatic heterocycles. The number of nitrogens with zero attached hydrogens (tertiary/aromatic N) is 5. The van der Waals surface area contributed by atoms with Gasteiger partial charge < -0.3 is 15.5 Å². The Labute approximate surface area is 106 Å². The quantitative estimate of drug-likeness (QED) is 0.837. The Morgan fingerprint density at radius 3 is 2.53 bits per heavy atom. The molecule has 1 aliphatic rings. The zero-order valence-electron chi connectivity index (χ0n) is 10.1. The van der Waals surface area contributed by atoms with Crippen LogP contribution in [0.15, 0.2) is 0 Å². The van der Waals surface area contributed by atoms with Crippen molar-refractivity contribution in [3.63, 3.8) is 0 Å². The predicted octanol–water partition coefficient (Wildman–Crippen LogP) is 0.638. The van der Waals surface area contributed by atoms with Crippen LogP contribution in [0.3, 0.4) is 0 Å². The van der Waals surface area contributed by atoms with Gasteiger partial charge in [-0.05, 0) is 44.6 Å². The third-order valence-electron chi connectivity index (χ3n) is 3.16. The predicted molar refractivity (Wildman–Crippen MR) is 68.2 cm³/mol. The first-order valence-corrected chi connectivity index (χ1v) is 6.02. The van der Waals surface area contributed by atoms with Crippen LogP contribution in [0.4, 0.5) is 11.9 Å². The molecule has 0 radical (unpaired) electrons. The molecule has 6 nitrogen and oxygen atoms in total. The van der Waals surface area contributed by atoms with E-state index in [1.54, 1.807) is 0 Å². The van der Waals surface area contributed by atoms with Gasteiger partial charge in [-0.1, -0.05) is 0 Å². The van der Waals surface area contributed by atoms with E-state index < -0.39 is 0 Å². The average Bonchev–Trinajstić information content (AvgIpc) is 2.28. The van der Waals surface area contributed by atoms with Crippen molar-refractivity contribution in [2.45, 2.75) is 18.9 Å². The largest absolute Gasteiger partial charge is 0.368 e. The third kappa shape index (κ3) is 2.95. The zero-order valence-corrected chi connectivity index (χ0v) is 10.9. The molecule has 0 atom stereocenters. The summed E-state index contributed by atoms with van der Waals surface area (Å²) >= 11 is 5.78. The normalized spacial score (nSPS) is 18.3. The molecule has 0 amide bonds. The highest BCUT2D eigenvalue weighted by Gasteiger charge is 2.22. The summed E-state index contributed by atoms with van der Waals surface area (Å²) in [6.07, 6.45) is 2.19. The fourth-order valence-electron chi connectivity index (χ4n) is 2.06. The van der Waals surface area contributed by atoms with Gasteiger partial charge >= 0.3 is 0 Å². The summed E-state index contributed by atoms with van der Waals surface area (Å²) in [6, 6.07) is 0.434. The SMILES string of the molecule is CN1CCC(N(C)c2nc(N)nc(Cl)n2)CC1. The number of hydrogen-bond donors (Lipinski definition) is 1. The number of nitrogens with two attached hydrogens (primary N) is 1. The van der Waals surface area contributed by atoms with Crippen LogP contribution in [0.1, 0.15) is 12.8 Å². The molecule has 0 saturated carbocycles. The molecular formula is C10H17ClN6. The number of piperidine rings is 1. The van der Waals surface area contributed by atoms with Crippen molar-refractivity contribution in [1.29, 1.82) is 0 Å². The highest BCUT2D eigenvalue weighted by atomic mass is 35.5. The van der Waals surface area contributed by atoms with Crippen LogP contribution in [0, 0.1) is 0 Å². The maximum absolute atomic E-state index is 5.78. The molecule has 0 unspecified atom stereocenters. The second-order valence-corrected chi connectivity index (χ2v) is 4.75. The number of halogens is 1. The van der Waals surface area contributed by atoms with Crippen LogP contribution in [0.25, 0.3) is 0 Å². The number of hydrogen-bond acceptors (Lipinski definition) is 6. The topological polar surface area (TPSA) is 71.2 Å². The summed E-state index contributed by atoms with van der Waals surface area (Å²) in [7, 11) is 4.11. The van der Waals surface area contributed by atoms with Gasteiger partial charge in [-0.2, -0.15) is 15.0 Å². The molecule has 0 aromatic carbocycles. The highest BCUT2D eigenvalue weighted by Crippen LogP contribution is 2.19. The third-order valence-corrected chi connectivity index (χ3v) is 3.33. The zero-order chi connectivity index (χ0) is 12.4. The van der Waals surface area contributed by atoms with Gasteiger partial charge in [-0.25, -0.2) is 0 Å². The van der Waals surface area contributed by atoms with Crippen molar-refractivity contribution in [1.82, 2.24) is 19.9 Å². The Morgan fingerprint density at radius 2 is 1.94 bits per heavy atom. The van der Waals surface area contributed by atoms with Crippen molar-refractivity contribution in [3.8, 4) is 0 Å². The second kappa shape index (κ2) is 5.01. The molecule has 0 aliphatic carbocycles. The molecule has 0 spiro atoms. The number of likely N-dealkylation sites (tertiary alicyclic amines) is 1. The maximum Gasteiger partial charge on any atom is 0.231 e. The van der Waals surface area contributed by atoms with Gasteiger partial charge in [-0.3, -0.25) is 0 Å². The van der Waals surface area contributed by atoms with Crippen LogP contribution >= 0.6 is 11.6 Å². The minimum atomic E-state index is 0.146. The number of rotatable bonds is 2. The molecule has 1 fully saturated rings. The van der Waals surface area contributed by atoms with Crippen molar-refractivity contribution < 1.29 is 0 Å². The molecule has 2 N–H and O–H groups in total. The molecule has 17 heavy (non-hydrogen) atoms. The van der Waals surface area contributed by atoms with E-state index in [0.717, 1.165) is 25.9 Å². The molecule has 2 rings (SSSR count). The lowest BCUT2D eigenvalue weighted by molar-refractivity contribution is 0.252. The minimum absolute atomic E-state index is 0.146. The Morgan fingerprint density at radius 1 is 1.29 bits per heavy atom. The summed E-state index contributed by atoms with van der Waals surface area (Å²) in [4.78, 5) is 16.3. The van der Waals surface area contributed by atoms with Gasteiger partial charge in [0.05, 0.1) is 0 Å². The Hall–Kier alpha value is -1.14. The van der Waals surface area contributed by atoms with Crippen molar-refractivity contribution in [2.24, 2.45) is 0 Å². The van der Waals surface area contributed by atoms with Crippen molar-refractivity contribution in [2.75, 3.05) is 37.8 Å². The summed E-state index contributed by atoms with van der Waals surface area (Å²) in [5.41, 5.74) is 5.57. The van der Waals surface area contributed by atoms with Crippen LogP contribution in [-0.2, 0) is 0 Å². The Kier molecular flexibility index (Phi) is 3.63. The smallest absolute Gasteiger partial charge is 0.231 e. The van der Waals surface area contributed by atoms with Crippen LogP contribution in [0.2, 0.25) is 5.28 Å². The van der Waals surface area contributed by atoms with Crippen molar-refractivity contribution >= 4 is 23.5 Å². The Bertz CT molecular complexity index is 370. The summed E-state index contributed by atoms with van der Waals surface area (Å²) in [5.74, 6) is 0.719. The molecule has 2 heterocycles. The Balaban J connectivity index is 2.10. The molecule has 1 aromatic rings. The van der Waals surface area contributed by atoms with Gasteiger partial charge in [0.2, 0.25) is 17.2 Å². The summed E-state index contributed by atoms with van der Waals surface area (Å²) < 4.78 is 0. The van der Waals surface area contributed by atoms with Crippen LogP contribution < -0.4 is 10.6 Å². The van der Waals surface area contributed by atoms with E-state index in [9.17, 15) is 0 Å². The van der Waals surface area contributed by atoms with E-state index in [4.69, 9.17) is 17.3 Å². The number of anilines is 2. The minimum Gasteiger partial charge on any atom is -0.368 e. The number of nitrogen functional groups attached to an aromatic ring is 1. The number of aromatic nitrogens is 3. The van der Waals surface area contributed by atoms with Crippen LogP contribution in [-0.4, -0.2) is 53.1 Å². The molecule has 0 bridgehead atoms. The van der Waals surface area contributed by atoms with E-state index in [1.807, 2.05) is 11.9 Å². The first-order valence-electron chi connectivity index (χ1n) is 5.64. The molecule has 1 aromatic heterocycles. The van der Waals surface area contributed by atoms with E-state index in [2.05, 4.69) is 26.9 Å². The van der Waals surface area contributed by atoms with E-state index in [-0.39, 0.29) is 11.2 Å². The van der Waals surface area contributed by atoms with Crippen LogP contribution in [0.5, 0.6) is 0 Å². The van der Waals surface area contributed by atoms with Gasteiger partial charge in [0, 0.05) is 13.1 Å². The summed E-state index contributed by atoms with van der Waals surface area (Å²) in [6.45, 7) is 2.17. The van der Waals surface area contributed by atoms with E-state index in [0.29, 0.717) is 12.0 Å². The van der Waals surface area contributed by atoms with Gasteiger partial charge in [0.25, 0.3) is 0 Å². The lowest BCUT2D eigenvalue weighted by Gasteiger charge is -2.35. The second-order valence-electron chi connectivity index (χ2n) is 4.41. The first-order chi connectivity index (χ1) is 8.06. The molecular weight excluding hydrogens is 240 g/mol. The standard InChI is InChI=1S/C10H17ClN6/c1-16-5-3-7(4-6-16)17(2)10-14-8(11)13-9(12)15-10/h7H,3-6H2,1-2H3,(H2,12,13,14,15). The lowest BCUT2D eigenvalue weighted by atomic mass is 10.0. The fraction of sp³-hybridized carbons (Fsp3) is 0.700.